The molecule has 0 aliphatic carbocycles. The Morgan fingerprint density at radius 3 is 2.44 bits per heavy atom. The molecule has 0 saturated carbocycles. The van der Waals surface area contributed by atoms with Crippen molar-refractivity contribution in [2.75, 3.05) is 11.9 Å². The molecule has 0 aromatic heterocycles. The van der Waals surface area contributed by atoms with Crippen molar-refractivity contribution in [1.82, 2.24) is 5.43 Å². The molecular weight excluding hydrogens is 310 g/mol. The summed E-state index contributed by atoms with van der Waals surface area (Å²) in [5.74, 6) is -0.171. The molecule has 2 N–H and O–H groups in total. The third-order valence-electron chi connectivity index (χ3n) is 3.99. The summed E-state index contributed by atoms with van der Waals surface area (Å²) in [6, 6.07) is 24.0. The van der Waals surface area contributed by atoms with Gasteiger partial charge in [-0.1, -0.05) is 73.7 Å². The van der Waals surface area contributed by atoms with Gasteiger partial charge in [-0.05, 0) is 23.4 Å². The molecule has 4 nitrogen and oxygen atoms in total. The van der Waals surface area contributed by atoms with Gasteiger partial charge in [0.05, 0.1) is 12.3 Å². The first-order valence-electron chi connectivity index (χ1n) is 8.40. The minimum Gasteiger partial charge on any atom is -0.376 e. The Labute approximate surface area is 147 Å². The summed E-state index contributed by atoms with van der Waals surface area (Å²) < 4.78 is 0. The molecule has 0 spiro atoms. The van der Waals surface area contributed by atoms with Gasteiger partial charge in [0, 0.05) is 11.1 Å². The van der Waals surface area contributed by atoms with Crippen molar-refractivity contribution < 1.29 is 4.79 Å². The zero-order chi connectivity index (χ0) is 17.5. The summed E-state index contributed by atoms with van der Waals surface area (Å²) >= 11 is 0. The van der Waals surface area contributed by atoms with E-state index in [4.69, 9.17) is 0 Å². The van der Waals surface area contributed by atoms with Crippen LogP contribution in [-0.2, 0) is 4.79 Å². The highest BCUT2D eigenvalue weighted by atomic mass is 16.2. The van der Waals surface area contributed by atoms with E-state index in [1.807, 2.05) is 67.6 Å². The molecule has 0 aliphatic heterocycles. The van der Waals surface area contributed by atoms with Gasteiger partial charge in [0.15, 0.2) is 0 Å². The van der Waals surface area contributed by atoms with Crippen molar-refractivity contribution >= 4 is 28.1 Å². The van der Waals surface area contributed by atoms with Crippen molar-refractivity contribution in [2.45, 2.75) is 13.3 Å². The van der Waals surface area contributed by atoms with Crippen LogP contribution in [0.25, 0.3) is 10.8 Å². The van der Waals surface area contributed by atoms with Crippen molar-refractivity contribution in [3.63, 3.8) is 0 Å². The lowest BCUT2D eigenvalue weighted by molar-refractivity contribution is -0.119. The lowest BCUT2D eigenvalue weighted by Crippen LogP contribution is -2.27. The molecule has 0 bridgehead atoms. The summed E-state index contributed by atoms with van der Waals surface area (Å²) in [5.41, 5.74) is 5.46. The third kappa shape index (κ3) is 4.23. The fourth-order valence-corrected chi connectivity index (χ4v) is 2.70. The number of nitrogens with one attached hydrogen (secondary N) is 2. The lowest BCUT2D eigenvalue weighted by atomic mass is 10.1. The normalized spacial score (nSPS) is 11.3. The minimum absolute atomic E-state index is 0.170. The van der Waals surface area contributed by atoms with Crippen LogP contribution in [0, 0.1) is 0 Å². The number of benzene rings is 3. The van der Waals surface area contributed by atoms with Gasteiger partial charge in [-0.3, -0.25) is 4.79 Å². The second-order valence-electron chi connectivity index (χ2n) is 5.69. The maximum absolute atomic E-state index is 12.1. The minimum atomic E-state index is -0.171. The Hall–Kier alpha value is -3.14. The number of hydrogen-bond acceptors (Lipinski definition) is 3. The van der Waals surface area contributed by atoms with Gasteiger partial charge in [0.2, 0.25) is 0 Å². The van der Waals surface area contributed by atoms with E-state index in [-0.39, 0.29) is 12.5 Å². The van der Waals surface area contributed by atoms with E-state index in [0.717, 1.165) is 34.2 Å². The monoisotopic (exact) mass is 331 g/mol. The number of amides is 1. The number of carbonyl (C=O) groups is 1. The second kappa shape index (κ2) is 8.11. The molecule has 0 unspecified atom stereocenters. The Kier molecular flexibility index (Phi) is 5.42. The third-order valence-corrected chi connectivity index (χ3v) is 3.99. The highest BCUT2D eigenvalue weighted by molar-refractivity contribution is 6.01. The topological polar surface area (TPSA) is 53.5 Å². The molecule has 3 aromatic carbocycles. The Balaban J connectivity index is 1.64. The van der Waals surface area contributed by atoms with E-state index in [9.17, 15) is 4.79 Å². The number of fused-ring (bicyclic) bond motifs is 1. The standard InChI is InChI=1S/C21H21N3O/c1-2-19(17-10-4-3-5-11-17)23-24-21(25)15-22-20-14-8-12-16-9-6-7-13-18(16)20/h3-14,22H,2,15H2,1H3,(H,24,25)/b23-19-. The fraction of sp³-hybridized carbons (Fsp3) is 0.143. The van der Waals surface area contributed by atoms with Crippen molar-refractivity contribution in [3.8, 4) is 0 Å². The largest absolute Gasteiger partial charge is 0.376 e. The number of rotatable bonds is 6. The van der Waals surface area contributed by atoms with Crippen LogP contribution in [0.1, 0.15) is 18.9 Å². The predicted molar refractivity (Wildman–Crippen MR) is 104 cm³/mol. The molecule has 1 amide bonds. The molecule has 126 valence electrons. The molecule has 3 rings (SSSR count). The highest BCUT2D eigenvalue weighted by Crippen LogP contribution is 2.22. The first-order chi connectivity index (χ1) is 12.3. The number of hydrogen-bond donors (Lipinski definition) is 2. The van der Waals surface area contributed by atoms with E-state index in [0.29, 0.717) is 0 Å². The van der Waals surface area contributed by atoms with Gasteiger partial charge >= 0.3 is 0 Å². The van der Waals surface area contributed by atoms with Gasteiger partial charge in [-0.25, -0.2) is 5.43 Å². The van der Waals surface area contributed by atoms with Crippen molar-refractivity contribution in [2.24, 2.45) is 5.10 Å². The number of hydrazone groups is 1. The van der Waals surface area contributed by atoms with E-state index in [2.05, 4.69) is 28.0 Å². The number of carbonyl (C=O) groups excluding carboxylic acids is 1. The smallest absolute Gasteiger partial charge is 0.259 e. The molecule has 4 heteroatoms. The van der Waals surface area contributed by atoms with E-state index in [1.165, 1.54) is 0 Å². The van der Waals surface area contributed by atoms with Gasteiger partial charge in [-0.15, -0.1) is 0 Å². The molecule has 0 saturated heterocycles. The van der Waals surface area contributed by atoms with Crippen LogP contribution in [-0.4, -0.2) is 18.2 Å². The van der Waals surface area contributed by atoms with Gasteiger partial charge in [0.1, 0.15) is 0 Å². The van der Waals surface area contributed by atoms with E-state index in [1.54, 1.807) is 0 Å². The van der Waals surface area contributed by atoms with E-state index >= 15 is 0 Å². The Morgan fingerprint density at radius 2 is 1.64 bits per heavy atom. The second-order valence-corrected chi connectivity index (χ2v) is 5.69. The summed E-state index contributed by atoms with van der Waals surface area (Å²) in [6.45, 7) is 2.19. The van der Waals surface area contributed by atoms with Crippen molar-refractivity contribution in [3.05, 3.63) is 78.4 Å². The summed E-state index contributed by atoms with van der Waals surface area (Å²) in [6.07, 6.45) is 0.751. The average molecular weight is 331 g/mol. The fourth-order valence-electron chi connectivity index (χ4n) is 2.70. The van der Waals surface area contributed by atoms with E-state index < -0.39 is 0 Å². The van der Waals surface area contributed by atoms with Crippen LogP contribution in [0.15, 0.2) is 77.9 Å². The average Bonchev–Trinajstić information content (AvgIpc) is 2.67. The van der Waals surface area contributed by atoms with Crippen LogP contribution in [0.2, 0.25) is 0 Å². The first-order valence-corrected chi connectivity index (χ1v) is 8.40. The lowest BCUT2D eigenvalue weighted by Gasteiger charge is -2.09. The maximum atomic E-state index is 12.1. The number of nitrogens with zero attached hydrogens (tertiary/aromatic N) is 1. The summed E-state index contributed by atoms with van der Waals surface area (Å²) in [4.78, 5) is 12.1. The predicted octanol–water partition coefficient (Wildman–Crippen LogP) is 4.18. The van der Waals surface area contributed by atoms with Crippen molar-refractivity contribution in [1.29, 1.82) is 0 Å². The Bertz CT molecular complexity index is 883. The van der Waals surface area contributed by atoms with Crippen LogP contribution < -0.4 is 10.7 Å². The van der Waals surface area contributed by atoms with Crippen LogP contribution in [0.4, 0.5) is 5.69 Å². The summed E-state index contributed by atoms with van der Waals surface area (Å²) in [5, 5.41) is 9.69. The SMILES string of the molecule is CC/C(=N/NC(=O)CNc1cccc2ccccc12)c1ccccc1. The molecule has 0 atom stereocenters. The molecule has 0 aliphatic rings. The molecule has 0 radical (unpaired) electrons. The first kappa shape index (κ1) is 16.7. The zero-order valence-electron chi connectivity index (χ0n) is 14.2. The van der Waals surface area contributed by atoms with Gasteiger partial charge < -0.3 is 5.32 Å². The quantitative estimate of drug-likeness (QED) is 0.526. The highest BCUT2D eigenvalue weighted by Gasteiger charge is 2.05. The molecule has 0 fully saturated rings. The van der Waals surface area contributed by atoms with Crippen LogP contribution in [0.3, 0.4) is 0 Å². The van der Waals surface area contributed by atoms with Crippen LogP contribution in [0.5, 0.6) is 0 Å². The molecule has 0 heterocycles. The van der Waals surface area contributed by atoms with Crippen LogP contribution >= 0.6 is 0 Å². The Morgan fingerprint density at radius 1 is 0.920 bits per heavy atom. The number of anilines is 1. The zero-order valence-corrected chi connectivity index (χ0v) is 14.2. The maximum Gasteiger partial charge on any atom is 0.259 e. The molecular formula is C21H21N3O. The van der Waals surface area contributed by atoms with Gasteiger partial charge in [-0.2, -0.15) is 5.10 Å². The molecule has 25 heavy (non-hydrogen) atoms. The summed E-state index contributed by atoms with van der Waals surface area (Å²) in [7, 11) is 0. The molecule has 3 aromatic rings. The van der Waals surface area contributed by atoms with Gasteiger partial charge in [0.25, 0.3) is 5.91 Å².